The summed E-state index contributed by atoms with van der Waals surface area (Å²) in [5.41, 5.74) is -4.43. The second-order valence-electron chi connectivity index (χ2n) is 9.26. The molecule has 4 aromatic rings. The van der Waals surface area contributed by atoms with E-state index in [9.17, 15) is 31.4 Å². The summed E-state index contributed by atoms with van der Waals surface area (Å²) in [7, 11) is 0. The fourth-order valence-electron chi connectivity index (χ4n) is 4.72. The van der Waals surface area contributed by atoms with Crippen LogP contribution in [0.15, 0.2) is 72.9 Å². The van der Waals surface area contributed by atoms with Crippen LogP contribution in [0.2, 0.25) is 0 Å². The SMILES string of the molecule is OC(c1ccc(N2CCN(c3nnc(Cc4ccccc4)c4ccccc34)CC2)nc1)(C(F)(F)F)C(F)(F)F. The first-order valence-corrected chi connectivity index (χ1v) is 12.1. The summed E-state index contributed by atoms with van der Waals surface area (Å²) in [6.07, 6.45) is -10.9. The average molecular weight is 548 g/mol. The number of benzene rings is 2. The number of piperazine rings is 1. The highest BCUT2D eigenvalue weighted by atomic mass is 19.4. The van der Waals surface area contributed by atoms with Crippen LogP contribution in [0.25, 0.3) is 10.8 Å². The van der Waals surface area contributed by atoms with E-state index in [-0.39, 0.29) is 5.82 Å². The number of nitrogens with zero attached hydrogens (tertiary/aromatic N) is 5. The number of aliphatic hydroxyl groups is 1. The normalized spacial score (nSPS) is 15.2. The van der Waals surface area contributed by atoms with E-state index in [1.54, 1.807) is 4.90 Å². The van der Waals surface area contributed by atoms with Gasteiger partial charge in [-0.25, -0.2) is 4.98 Å². The Hall–Kier alpha value is -3.93. The molecule has 1 fully saturated rings. The molecule has 1 aliphatic heterocycles. The van der Waals surface area contributed by atoms with Gasteiger partial charge in [0.05, 0.1) is 5.69 Å². The van der Waals surface area contributed by atoms with E-state index in [0.717, 1.165) is 28.1 Å². The second-order valence-corrected chi connectivity index (χ2v) is 9.26. The molecule has 39 heavy (non-hydrogen) atoms. The van der Waals surface area contributed by atoms with Crippen molar-refractivity contribution >= 4 is 22.4 Å². The maximum Gasteiger partial charge on any atom is 0.430 e. The van der Waals surface area contributed by atoms with Gasteiger partial charge in [0.15, 0.2) is 5.82 Å². The Kier molecular flexibility index (Phi) is 6.83. The summed E-state index contributed by atoms with van der Waals surface area (Å²) in [5.74, 6) is 0.907. The number of hydrogen-bond donors (Lipinski definition) is 1. The first-order chi connectivity index (χ1) is 18.5. The molecule has 0 amide bonds. The Morgan fingerprint density at radius 2 is 1.28 bits per heavy atom. The topological polar surface area (TPSA) is 65.4 Å². The molecule has 12 heteroatoms. The third-order valence-electron chi connectivity index (χ3n) is 6.85. The molecule has 0 saturated carbocycles. The molecular weight excluding hydrogens is 524 g/mol. The minimum atomic E-state index is -5.96. The molecule has 1 aliphatic rings. The number of halogens is 6. The molecule has 0 atom stereocenters. The predicted molar refractivity (Wildman–Crippen MR) is 133 cm³/mol. The fourth-order valence-corrected chi connectivity index (χ4v) is 4.72. The monoisotopic (exact) mass is 547 g/mol. The quantitative estimate of drug-likeness (QED) is 0.344. The highest BCUT2D eigenvalue weighted by Gasteiger charge is 2.71. The van der Waals surface area contributed by atoms with Crippen molar-refractivity contribution in [2.24, 2.45) is 0 Å². The average Bonchev–Trinajstić information content (AvgIpc) is 2.92. The van der Waals surface area contributed by atoms with Gasteiger partial charge in [0.25, 0.3) is 5.60 Å². The lowest BCUT2D eigenvalue weighted by atomic mass is 9.94. The van der Waals surface area contributed by atoms with Crippen LogP contribution in [0.3, 0.4) is 0 Å². The van der Waals surface area contributed by atoms with Crippen LogP contribution in [-0.4, -0.2) is 58.8 Å². The van der Waals surface area contributed by atoms with E-state index in [1.165, 1.54) is 0 Å². The molecule has 2 aromatic heterocycles. The van der Waals surface area contributed by atoms with E-state index in [0.29, 0.717) is 50.7 Å². The molecule has 0 bridgehead atoms. The van der Waals surface area contributed by atoms with E-state index in [2.05, 4.69) is 15.2 Å². The van der Waals surface area contributed by atoms with Crippen molar-refractivity contribution in [2.75, 3.05) is 36.0 Å². The molecular formula is C27H23F6N5O. The Bertz CT molecular complexity index is 1420. The first-order valence-electron chi connectivity index (χ1n) is 12.1. The van der Waals surface area contributed by atoms with Crippen molar-refractivity contribution in [2.45, 2.75) is 24.4 Å². The van der Waals surface area contributed by atoms with Crippen molar-refractivity contribution in [3.8, 4) is 0 Å². The van der Waals surface area contributed by atoms with Crippen LogP contribution in [0, 0.1) is 0 Å². The van der Waals surface area contributed by atoms with Gasteiger partial charge < -0.3 is 14.9 Å². The van der Waals surface area contributed by atoms with Crippen molar-refractivity contribution < 1.29 is 31.4 Å². The molecule has 6 nitrogen and oxygen atoms in total. The Morgan fingerprint density at radius 3 is 1.87 bits per heavy atom. The van der Waals surface area contributed by atoms with Crippen molar-refractivity contribution in [1.82, 2.24) is 15.2 Å². The molecule has 0 radical (unpaired) electrons. The summed E-state index contributed by atoms with van der Waals surface area (Å²) in [5, 5.41) is 20.5. The van der Waals surface area contributed by atoms with Crippen LogP contribution in [0.1, 0.15) is 16.8 Å². The maximum absolute atomic E-state index is 13.2. The zero-order chi connectivity index (χ0) is 27.8. The van der Waals surface area contributed by atoms with Gasteiger partial charge in [-0.1, -0.05) is 60.7 Å². The van der Waals surface area contributed by atoms with Gasteiger partial charge in [0.2, 0.25) is 0 Å². The third kappa shape index (κ3) is 4.96. The van der Waals surface area contributed by atoms with Gasteiger partial charge >= 0.3 is 12.4 Å². The Labute approximate surface area is 219 Å². The molecule has 0 unspecified atom stereocenters. The van der Waals surface area contributed by atoms with Crippen LogP contribution in [0.4, 0.5) is 38.0 Å². The summed E-state index contributed by atoms with van der Waals surface area (Å²) >= 11 is 0. The van der Waals surface area contributed by atoms with Gasteiger partial charge in [0, 0.05) is 55.1 Å². The number of hydrogen-bond acceptors (Lipinski definition) is 6. The van der Waals surface area contributed by atoms with Crippen LogP contribution in [0.5, 0.6) is 0 Å². The van der Waals surface area contributed by atoms with Crippen molar-refractivity contribution in [1.29, 1.82) is 0 Å². The molecule has 0 spiro atoms. The van der Waals surface area contributed by atoms with E-state index in [4.69, 9.17) is 0 Å². The van der Waals surface area contributed by atoms with Gasteiger partial charge in [-0.3, -0.25) is 0 Å². The molecule has 0 aliphatic carbocycles. The van der Waals surface area contributed by atoms with Gasteiger partial charge in [-0.15, -0.1) is 5.10 Å². The number of fused-ring (bicyclic) bond motifs is 1. The fraction of sp³-hybridized carbons (Fsp3) is 0.296. The van der Waals surface area contributed by atoms with Crippen LogP contribution >= 0.6 is 0 Å². The molecule has 5 rings (SSSR count). The number of pyridine rings is 1. The first kappa shape index (κ1) is 26.7. The molecule has 204 valence electrons. The minimum absolute atomic E-state index is 0.208. The smallest absolute Gasteiger partial charge is 0.369 e. The summed E-state index contributed by atoms with van der Waals surface area (Å²) < 4.78 is 79.0. The third-order valence-corrected chi connectivity index (χ3v) is 6.85. The lowest BCUT2D eigenvalue weighted by molar-refractivity contribution is -0.376. The largest absolute Gasteiger partial charge is 0.430 e. The van der Waals surface area contributed by atoms with Crippen molar-refractivity contribution in [3.05, 3.63) is 89.7 Å². The predicted octanol–water partition coefficient (Wildman–Crippen LogP) is 5.25. The van der Waals surface area contributed by atoms with Gasteiger partial charge in [-0.05, 0) is 11.6 Å². The minimum Gasteiger partial charge on any atom is -0.369 e. The van der Waals surface area contributed by atoms with E-state index in [1.807, 2.05) is 59.5 Å². The van der Waals surface area contributed by atoms with E-state index >= 15 is 0 Å². The molecule has 2 aromatic carbocycles. The Balaban J connectivity index is 1.33. The van der Waals surface area contributed by atoms with Gasteiger partial charge in [0.1, 0.15) is 5.82 Å². The summed E-state index contributed by atoms with van der Waals surface area (Å²) in [4.78, 5) is 7.60. The molecule has 1 saturated heterocycles. The van der Waals surface area contributed by atoms with Crippen LogP contribution in [-0.2, 0) is 12.0 Å². The van der Waals surface area contributed by atoms with E-state index < -0.39 is 23.5 Å². The standard InChI is InChI=1S/C27H23F6N5O/c28-26(29,30)25(39,27(31,32)33)19-10-11-23(34-17-19)37-12-14-38(15-13-37)24-21-9-5-4-8-20(21)22(35-36-24)16-18-6-2-1-3-7-18/h1-11,17,39H,12-16H2. The maximum atomic E-state index is 13.2. The second kappa shape index (κ2) is 9.99. The zero-order valence-electron chi connectivity index (χ0n) is 20.4. The highest BCUT2D eigenvalue weighted by molar-refractivity contribution is 5.93. The molecule has 3 heterocycles. The summed E-state index contributed by atoms with van der Waals surface area (Å²) in [6, 6.07) is 19.4. The lowest BCUT2D eigenvalue weighted by Gasteiger charge is -2.37. The number of rotatable bonds is 5. The highest BCUT2D eigenvalue weighted by Crippen LogP contribution is 2.50. The van der Waals surface area contributed by atoms with Crippen molar-refractivity contribution in [3.63, 3.8) is 0 Å². The molecule has 1 N–H and O–H groups in total. The Morgan fingerprint density at radius 1 is 0.692 bits per heavy atom. The summed E-state index contributed by atoms with van der Waals surface area (Å²) in [6.45, 7) is 1.76. The number of alkyl halides is 6. The number of aromatic nitrogens is 3. The van der Waals surface area contributed by atoms with Gasteiger partial charge in [-0.2, -0.15) is 31.4 Å². The van der Waals surface area contributed by atoms with Crippen LogP contribution < -0.4 is 9.80 Å². The number of anilines is 2. The lowest BCUT2D eigenvalue weighted by Crippen LogP contribution is -2.54. The zero-order valence-corrected chi connectivity index (χ0v) is 20.4.